The monoisotopic (exact) mass is 409 g/mol. The van der Waals surface area contributed by atoms with E-state index < -0.39 is 0 Å². The number of hydrogen-bond donors (Lipinski definition) is 2. The lowest BCUT2D eigenvalue weighted by molar-refractivity contribution is 0.196. The zero-order valence-corrected chi connectivity index (χ0v) is 17.5. The van der Waals surface area contributed by atoms with Crippen molar-refractivity contribution in [2.24, 2.45) is 4.99 Å². The number of likely N-dealkylation sites (tertiary alicyclic amines) is 1. The Balaban J connectivity index is 1.28. The number of aryl methyl sites for hydroxylation is 1. The van der Waals surface area contributed by atoms with Gasteiger partial charge in [-0.25, -0.2) is 4.39 Å². The second-order valence-electron chi connectivity index (χ2n) is 7.73. The van der Waals surface area contributed by atoms with E-state index in [0.29, 0.717) is 18.2 Å². The molecule has 1 fully saturated rings. The average Bonchev–Trinajstić information content (AvgIpc) is 3.08. The number of piperidine rings is 1. The molecule has 1 aliphatic rings. The van der Waals surface area contributed by atoms with Crippen LogP contribution in [0.1, 0.15) is 29.9 Å². The van der Waals surface area contributed by atoms with Crippen LogP contribution in [-0.4, -0.2) is 42.0 Å². The Morgan fingerprint density at radius 1 is 1.27 bits per heavy atom. The zero-order chi connectivity index (χ0) is 20.9. The van der Waals surface area contributed by atoms with E-state index in [1.165, 1.54) is 12.1 Å². The summed E-state index contributed by atoms with van der Waals surface area (Å²) in [5.41, 5.74) is 2.77. The van der Waals surface area contributed by atoms with Crippen molar-refractivity contribution in [3.63, 3.8) is 0 Å². The third-order valence-electron chi connectivity index (χ3n) is 5.68. The van der Waals surface area contributed by atoms with Gasteiger partial charge >= 0.3 is 0 Å². The summed E-state index contributed by atoms with van der Waals surface area (Å²) in [5.74, 6) is 1.30. The first-order valence-electron chi connectivity index (χ1n) is 10.4. The van der Waals surface area contributed by atoms with Gasteiger partial charge < -0.3 is 15.1 Å². The van der Waals surface area contributed by atoms with Crippen LogP contribution >= 0.6 is 0 Å². The maximum atomic E-state index is 13.5. The highest BCUT2D eigenvalue weighted by molar-refractivity contribution is 5.83. The molecule has 2 aromatic heterocycles. The van der Waals surface area contributed by atoms with Crippen LogP contribution in [0.3, 0.4) is 0 Å². The number of rotatable bonds is 5. The van der Waals surface area contributed by atoms with Gasteiger partial charge in [-0.1, -0.05) is 6.07 Å². The summed E-state index contributed by atoms with van der Waals surface area (Å²) in [6, 6.07) is 11.0. The fourth-order valence-electron chi connectivity index (χ4n) is 3.92. The SMILES string of the molecule is CN=C(NCc1oc2ccc(F)cc2c1C)NC1CCN(Cc2ccccn2)CC1. The zero-order valence-electron chi connectivity index (χ0n) is 17.5. The molecular formula is C23H28FN5O. The Bertz CT molecular complexity index is 1010. The van der Waals surface area contributed by atoms with E-state index in [4.69, 9.17) is 4.42 Å². The van der Waals surface area contributed by atoms with Gasteiger partial charge in [0, 0.05) is 49.9 Å². The van der Waals surface area contributed by atoms with Crippen molar-refractivity contribution in [3.05, 3.63) is 65.4 Å². The average molecular weight is 410 g/mol. The van der Waals surface area contributed by atoms with E-state index in [0.717, 1.165) is 60.8 Å². The highest BCUT2D eigenvalue weighted by Crippen LogP contribution is 2.25. The van der Waals surface area contributed by atoms with Gasteiger partial charge in [0.2, 0.25) is 0 Å². The predicted octanol–water partition coefficient (Wildman–Crippen LogP) is 3.60. The third kappa shape index (κ3) is 4.79. The lowest BCUT2D eigenvalue weighted by Gasteiger charge is -2.32. The van der Waals surface area contributed by atoms with E-state index >= 15 is 0 Å². The fourth-order valence-corrected chi connectivity index (χ4v) is 3.92. The Labute approximate surface area is 176 Å². The van der Waals surface area contributed by atoms with Gasteiger partial charge in [-0.05, 0) is 50.1 Å². The second-order valence-corrected chi connectivity index (χ2v) is 7.73. The van der Waals surface area contributed by atoms with E-state index in [9.17, 15) is 4.39 Å². The van der Waals surface area contributed by atoms with Gasteiger partial charge in [0.1, 0.15) is 17.2 Å². The third-order valence-corrected chi connectivity index (χ3v) is 5.68. The molecule has 3 aromatic rings. The summed E-state index contributed by atoms with van der Waals surface area (Å²) in [5, 5.41) is 7.66. The topological polar surface area (TPSA) is 65.7 Å². The molecule has 4 rings (SSSR count). The molecule has 0 unspecified atom stereocenters. The quantitative estimate of drug-likeness (QED) is 0.498. The first-order chi connectivity index (χ1) is 14.6. The number of aromatic nitrogens is 1. The van der Waals surface area contributed by atoms with Crippen molar-refractivity contribution in [2.45, 2.75) is 38.9 Å². The van der Waals surface area contributed by atoms with Crippen molar-refractivity contribution in [1.29, 1.82) is 0 Å². The van der Waals surface area contributed by atoms with Crippen LogP contribution in [0.4, 0.5) is 4.39 Å². The lowest BCUT2D eigenvalue weighted by Crippen LogP contribution is -2.48. The van der Waals surface area contributed by atoms with E-state index in [1.807, 2.05) is 25.3 Å². The normalized spacial score (nSPS) is 16.2. The van der Waals surface area contributed by atoms with Crippen molar-refractivity contribution < 1.29 is 8.81 Å². The minimum atomic E-state index is -0.252. The smallest absolute Gasteiger partial charge is 0.191 e. The highest BCUT2D eigenvalue weighted by Gasteiger charge is 2.20. The summed E-state index contributed by atoms with van der Waals surface area (Å²) in [4.78, 5) is 11.2. The Morgan fingerprint density at radius 3 is 2.83 bits per heavy atom. The number of hydrogen-bond acceptors (Lipinski definition) is 4. The summed E-state index contributed by atoms with van der Waals surface area (Å²) < 4.78 is 19.4. The first-order valence-corrected chi connectivity index (χ1v) is 10.4. The van der Waals surface area contributed by atoms with Crippen LogP contribution < -0.4 is 10.6 Å². The van der Waals surface area contributed by atoms with Gasteiger partial charge in [-0.15, -0.1) is 0 Å². The fraction of sp³-hybridized carbons (Fsp3) is 0.391. The number of furan rings is 1. The Morgan fingerprint density at radius 2 is 2.10 bits per heavy atom. The molecule has 1 aliphatic heterocycles. The molecular weight excluding hydrogens is 381 g/mol. The molecule has 1 aromatic carbocycles. The summed E-state index contributed by atoms with van der Waals surface area (Å²) in [6.45, 7) is 5.40. The summed E-state index contributed by atoms with van der Waals surface area (Å²) in [7, 11) is 1.77. The standard InChI is InChI=1S/C23H28FN5O/c1-16-20-13-17(24)6-7-21(20)30-22(16)14-27-23(25-2)28-18-8-11-29(12-9-18)15-19-5-3-4-10-26-19/h3-7,10,13,18H,8-9,11-12,14-15H2,1-2H3,(H2,25,27,28). The molecule has 158 valence electrons. The maximum Gasteiger partial charge on any atom is 0.191 e. The van der Waals surface area contributed by atoms with Gasteiger partial charge in [-0.2, -0.15) is 0 Å². The summed E-state index contributed by atoms with van der Waals surface area (Å²) >= 11 is 0. The van der Waals surface area contributed by atoms with Gasteiger partial charge in [0.05, 0.1) is 12.2 Å². The number of guanidine groups is 1. The molecule has 0 spiro atoms. The van der Waals surface area contributed by atoms with Crippen molar-refractivity contribution >= 4 is 16.9 Å². The molecule has 30 heavy (non-hydrogen) atoms. The number of benzene rings is 1. The minimum Gasteiger partial charge on any atom is -0.459 e. The number of nitrogens with one attached hydrogen (secondary N) is 2. The maximum absolute atomic E-state index is 13.5. The predicted molar refractivity (Wildman–Crippen MR) is 117 cm³/mol. The Hall–Kier alpha value is -2.93. The number of aliphatic imine (C=N–C) groups is 1. The molecule has 6 nitrogen and oxygen atoms in total. The molecule has 2 N–H and O–H groups in total. The number of pyridine rings is 1. The Kier molecular flexibility index (Phi) is 6.28. The molecule has 7 heteroatoms. The van der Waals surface area contributed by atoms with Crippen LogP contribution in [0.15, 0.2) is 52.0 Å². The van der Waals surface area contributed by atoms with Gasteiger partial charge in [-0.3, -0.25) is 14.9 Å². The molecule has 1 saturated heterocycles. The van der Waals surface area contributed by atoms with Crippen LogP contribution in [0.5, 0.6) is 0 Å². The molecule has 0 bridgehead atoms. The van der Waals surface area contributed by atoms with Crippen LogP contribution in [0.2, 0.25) is 0 Å². The van der Waals surface area contributed by atoms with Crippen LogP contribution in [-0.2, 0) is 13.1 Å². The molecule has 0 aliphatic carbocycles. The highest BCUT2D eigenvalue weighted by atomic mass is 19.1. The molecule has 0 saturated carbocycles. The minimum absolute atomic E-state index is 0.252. The number of halogens is 1. The van der Waals surface area contributed by atoms with Crippen molar-refractivity contribution in [2.75, 3.05) is 20.1 Å². The molecule has 0 atom stereocenters. The first kappa shape index (κ1) is 20.3. The van der Waals surface area contributed by atoms with E-state index in [1.54, 1.807) is 13.1 Å². The van der Waals surface area contributed by atoms with Crippen LogP contribution in [0.25, 0.3) is 11.0 Å². The summed E-state index contributed by atoms with van der Waals surface area (Å²) in [6.07, 6.45) is 3.95. The van der Waals surface area contributed by atoms with Crippen LogP contribution in [0, 0.1) is 12.7 Å². The van der Waals surface area contributed by atoms with Crippen molar-refractivity contribution in [3.8, 4) is 0 Å². The number of nitrogens with zero attached hydrogens (tertiary/aromatic N) is 3. The van der Waals surface area contributed by atoms with Gasteiger partial charge in [0.15, 0.2) is 5.96 Å². The van der Waals surface area contributed by atoms with E-state index in [2.05, 4.69) is 31.6 Å². The van der Waals surface area contributed by atoms with Gasteiger partial charge in [0.25, 0.3) is 0 Å². The number of fused-ring (bicyclic) bond motifs is 1. The molecule has 0 radical (unpaired) electrons. The second kappa shape index (κ2) is 9.26. The molecule has 0 amide bonds. The molecule has 3 heterocycles. The van der Waals surface area contributed by atoms with Crippen molar-refractivity contribution in [1.82, 2.24) is 20.5 Å². The lowest BCUT2D eigenvalue weighted by atomic mass is 10.0. The van der Waals surface area contributed by atoms with E-state index in [-0.39, 0.29) is 5.82 Å². The largest absolute Gasteiger partial charge is 0.459 e.